The normalized spacial score (nSPS) is 9.27. The van der Waals surface area contributed by atoms with Crippen molar-refractivity contribution >= 4 is 0 Å². The largest absolute Gasteiger partial charge is 0.0961 e. The molecule has 0 saturated heterocycles. The molecule has 64 valence electrons. The zero-order valence-electron chi connectivity index (χ0n) is 6.98. The van der Waals surface area contributed by atoms with Gasteiger partial charge in [-0.15, -0.1) is 0 Å². The molecule has 0 radical (unpaired) electrons. The fourth-order valence-corrected chi connectivity index (χ4v) is 0.665. The van der Waals surface area contributed by atoms with E-state index in [4.69, 9.17) is 0 Å². The lowest BCUT2D eigenvalue weighted by Crippen LogP contribution is -1.73. The van der Waals surface area contributed by atoms with Crippen LogP contribution in [0.25, 0.3) is 0 Å². The summed E-state index contributed by atoms with van der Waals surface area (Å²) in [6.45, 7) is 11.8. The summed E-state index contributed by atoms with van der Waals surface area (Å²) >= 11 is 0. The van der Waals surface area contributed by atoms with E-state index in [2.05, 4.69) is 20.1 Å². The molecule has 0 fully saturated rings. The number of hydrogen-bond donors (Lipinski definition) is 0. The van der Waals surface area contributed by atoms with Gasteiger partial charge < -0.3 is 0 Å². The summed E-state index contributed by atoms with van der Waals surface area (Å²) in [5.74, 6) is 0. The van der Waals surface area contributed by atoms with Crippen LogP contribution >= 0.6 is 0 Å². The highest BCUT2D eigenvalue weighted by Gasteiger charge is 1.83. The Morgan fingerprint density at radius 2 is 1.82 bits per heavy atom. The van der Waals surface area contributed by atoms with Crippen molar-refractivity contribution in [3.63, 3.8) is 0 Å². The first kappa shape index (κ1) is 12.9. The molecule has 0 heteroatoms. The smallest absolute Gasteiger partial charge is 0.0287 e. The summed E-state index contributed by atoms with van der Waals surface area (Å²) in [5, 5.41) is 0. The maximum absolute atomic E-state index is 3.89. The molecule has 0 heterocycles. The zero-order valence-corrected chi connectivity index (χ0v) is 6.98. The first-order chi connectivity index (χ1) is 4.66. The minimum absolute atomic E-state index is 0. The van der Waals surface area contributed by atoms with Crippen LogP contribution in [0.3, 0.4) is 0 Å². The minimum atomic E-state index is 0. The van der Waals surface area contributed by atoms with Crippen LogP contribution in [-0.2, 0) is 0 Å². The van der Waals surface area contributed by atoms with Crippen LogP contribution < -0.4 is 0 Å². The van der Waals surface area contributed by atoms with E-state index in [1.165, 1.54) is 12.0 Å². The van der Waals surface area contributed by atoms with Gasteiger partial charge >= 0.3 is 0 Å². The third-order valence-electron chi connectivity index (χ3n) is 1.17. The van der Waals surface area contributed by atoms with Gasteiger partial charge in [0, 0.05) is 0 Å². The summed E-state index contributed by atoms with van der Waals surface area (Å²) in [7, 11) is 0. The minimum Gasteiger partial charge on any atom is -0.0961 e. The molecular weight excluding hydrogens is 132 g/mol. The second-order valence-electron chi connectivity index (χ2n) is 2.59. The third-order valence-corrected chi connectivity index (χ3v) is 1.17. The van der Waals surface area contributed by atoms with Gasteiger partial charge in [-0.1, -0.05) is 57.2 Å². The maximum Gasteiger partial charge on any atom is -0.0287 e. The van der Waals surface area contributed by atoms with E-state index >= 15 is 0 Å². The Morgan fingerprint density at radius 3 is 2.18 bits per heavy atom. The van der Waals surface area contributed by atoms with Crippen molar-refractivity contribution in [2.75, 3.05) is 0 Å². The second kappa shape index (κ2) is 7.33. The molecule has 0 rings (SSSR count). The molecule has 0 N–H and O–H groups in total. The predicted octanol–water partition coefficient (Wildman–Crippen LogP) is 4.11. The van der Waals surface area contributed by atoms with Crippen molar-refractivity contribution in [3.05, 3.63) is 36.5 Å². The summed E-state index contributed by atoms with van der Waals surface area (Å²) in [4.78, 5) is 0. The van der Waals surface area contributed by atoms with E-state index in [9.17, 15) is 0 Å². The van der Waals surface area contributed by atoms with Crippen molar-refractivity contribution in [1.29, 1.82) is 0 Å². The Morgan fingerprint density at radius 1 is 1.27 bits per heavy atom. The van der Waals surface area contributed by atoms with Crippen molar-refractivity contribution in [3.8, 4) is 0 Å². The number of hydrogen-bond acceptors (Lipinski definition) is 0. The molecule has 0 aliphatic carbocycles. The molecule has 0 nitrogen and oxygen atoms in total. The van der Waals surface area contributed by atoms with Crippen LogP contribution in [0, 0.1) is 0 Å². The lowest BCUT2D eigenvalue weighted by atomic mass is 10.1. The Labute approximate surface area is 71.3 Å². The van der Waals surface area contributed by atoms with Crippen LogP contribution in [0.1, 0.15) is 34.1 Å². The van der Waals surface area contributed by atoms with Gasteiger partial charge in [0.15, 0.2) is 0 Å². The first-order valence-corrected chi connectivity index (χ1v) is 3.68. The van der Waals surface area contributed by atoms with E-state index in [1.807, 2.05) is 19.1 Å². The van der Waals surface area contributed by atoms with Gasteiger partial charge in [-0.05, 0) is 13.3 Å². The molecule has 0 unspecified atom stereocenters. The highest BCUT2D eigenvalue weighted by Crippen LogP contribution is 2.04. The number of allylic oxidation sites excluding steroid dienone is 4. The van der Waals surface area contributed by atoms with Crippen LogP contribution in [0.2, 0.25) is 0 Å². The van der Waals surface area contributed by atoms with Gasteiger partial charge in [0.25, 0.3) is 0 Å². The third kappa shape index (κ3) is 9.22. The van der Waals surface area contributed by atoms with Crippen molar-refractivity contribution in [2.45, 2.75) is 34.1 Å². The molecule has 0 spiro atoms. The van der Waals surface area contributed by atoms with Crippen LogP contribution in [-0.4, -0.2) is 0 Å². The van der Waals surface area contributed by atoms with E-state index in [1.54, 1.807) is 0 Å². The standard InChI is InChI=1S/C10H16.CH4/c1-5-6-10(4)8-7-9(2)3;/h7-8H,2,4-6H2,1,3H3;1H4/b8-7-;. The molecule has 0 aliphatic rings. The molecule has 0 aromatic heterocycles. The molecule has 0 atom stereocenters. The van der Waals surface area contributed by atoms with E-state index in [-0.39, 0.29) is 7.43 Å². The fourth-order valence-electron chi connectivity index (χ4n) is 0.665. The zero-order chi connectivity index (χ0) is 7.98. The summed E-state index contributed by atoms with van der Waals surface area (Å²) < 4.78 is 0. The lowest BCUT2D eigenvalue weighted by Gasteiger charge is -1.93. The summed E-state index contributed by atoms with van der Waals surface area (Å²) in [6.07, 6.45) is 6.28. The van der Waals surface area contributed by atoms with Crippen molar-refractivity contribution in [2.24, 2.45) is 0 Å². The monoisotopic (exact) mass is 152 g/mol. The quantitative estimate of drug-likeness (QED) is 0.532. The Bertz CT molecular complexity index is 149. The van der Waals surface area contributed by atoms with Gasteiger partial charge in [-0.25, -0.2) is 0 Å². The molecule has 0 bridgehead atoms. The topological polar surface area (TPSA) is 0 Å². The molecule has 0 aliphatic heterocycles. The Kier molecular flexibility index (Phi) is 8.57. The second-order valence-corrected chi connectivity index (χ2v) is 2.59. The van der Waals surface area contributed by atoms with Crippen LogP contribution in [0.4, 0.5) is 0 Å². The van der Waals surface area contributed by atoms with E-state index in [0.29, 0.717) is 0 Å². The van der Waals surface area contributed by atoms with Crippen molar-refractivity contribution < 1.29 is 0 Å². The van der Waals surface area contributed by atoms with Crippen LogP contribution in [0.5, 0.6) is 0 Å². The average molecular weight is 152 g/mol. The lowest BCUT2D eigenvalue weighted by molar-refractivity contribution is 0.929. The maximum atomic E-state index is 3.89. The summed E-state index contributed by atoms with van der Waals surface area (Å²) in [5.41, 5.74) is 2.27. The molecule has 0 amide bonds. The summed E-state index contributed by atoms with van der Waals surface area (Å²) in [6, 6.07) is 0. The Hall–Kier alpha value is -0.780. The van der Waals surface area contributed by atoms with Crippen LogP contribution in [0.15, 0.2) is 36.5 Å². The van der Waals surface area contributed by atoms with E-state index in [0.717, 1.165) is 12.0 Å². The number of rotatable bonds is 4. The average Bonchev–Trinajstić information content (AvgIpc) is 1.85. The highest BCUT2D eigenvalue weighted by atomic mass is 13.9. The molecule has 0 saturated carbocycles. The molecular formula is C11H20. The van der Waals surface area contributed by atoms with Crippen molar-refractivity contribution in [1.82, 2.24) is 0 Å². The van der Waals surface area contributed by atoms with Gasteiger partial charge in [0.2, 0.25) is 0 Å². The van der Waals surface area contributed by atoms with Gasteiger partial charge in [-0.3, -0.25) is 0 Å². The highest BCUT2D eigenvalue weighted by molar-refractivity contribution is 5.22. The van der Waals surface area contributed by atoms with Gasteiger partial charge in [0.05, 0.1) is 0 Å². The SMILES string of the molecule is C.C=C(C)/C=C\C(=C)CCC. The van der Waals surface area contributed by atoms with E-state index < -0.39 is 0 Å². The first-order valence-electron chi connectivity index (χ1n) is 3.68. The fraction of sp³-hybridized carbons (Fsp3) is 0.455. The van der Waals surface area contributed by atoms with Gasteiger partial charge in [0.1, 0.15) is 0 Å². The Balaban J connectivity index is 0. The molecule has 0 aromatic carbocycles. The predicted molar refractivity (Wildman–Crippen MR) is 54.7 cm³/mol. The molecule has 0 aromatic rings. The van der Waals surface area contributed by atoms with Gasteiger partial charge in [-0.2, -0.15) is 0 Å². The molecule has 11 heavy (non-hydrogen) atoms.